The molecule has 1 heterocycles. The van der Waals surface area contributed by atoms with Gasteiger partial charge in [-0.15, -0.1) is 0 Å². The van der Waals surface area contributed by atoms with Crippen LogP contribution < -0.4 is 0 Å². The second-order valence-electron chi connectivity index (χ2n) is 5.58. The maximum Gasteiger partial charge on any atom is 0.245 e. The van der Waals surface area contributed by atoms with E-state index in [1.807, 2.05) is 0 Å². The van der Waals surface area contributed by atoms with Gasteiger partial charge in [0.1, 0.15) is 10.7 Å². The molecule has 1 aliphatic carbocycles. The molecule has 0 bridgehead atoms. The van der Waals surface area contributed by atoms with Gasteiger partial charge in [-0.3, -0.25) is 0 Å². The molecular weight excluding hydrogens is 441 g/mol. The summed E-state index contributed by atoms with van der Waals surface area (Å²) in [6.45, 7) is 0.733. The fraction of sp³-hybridized carbons (Fsp3) is 0.571. The summed E-state index contributed by atoms with van der Waals surface area (Å²) in [5, 5.41) is 0. The standard InChI is InChI=1S/C14H16Br2FNO3S/c15-10-7-9(17)8-11(16)14(10)22(19,20)18-5-6-21-13-4-2-1-3-12(13)18/h7-8,12-13H,1-6H2. The lowest BCUT2D eigenvalue weighted by atomic mass is 9.91. The van der Waals surface area contributed by atoms with Crippen molar-refractivity contribution in [2.24, 2.45) is 0 Å². The lowest BCUT2D eigenvalue weighted by Gasteiger charge is -2.42. The Labute approximate surface area is 146 Å². The Hall–Kier alpha value is -0.0200. The molecule has 1 saturated heterocycles. The normalized spacial score (nSPS) is 26.7. The van der Waals surface area contributed by atoms with Gasteiger partial charge in [-0.25, -0.2) is 12.8 Å². The molecule has 8 heteroatoms. The van der Waals surface area contributed by atoms with Crippen LogP contribution in [-0.4, -0.2) is 38.0 Å². The molecule has 0 N–H and O–H groups in total. The first-order valence-electron chi connectivity index (χ1n) is 7.19. The highest BCUT2D eigenvalue weighted by Crippen LogP contribution is 2.37. The van der Waals surface area contributed by atoms with E-state index in [4.69, 9.17) is 4.74 Å². The monoisotopic (exact) mass is 455 g/mol. The molecule has 3 rings (SSSR count). The third-order valence-corrected chi connectivity index (χ3v) is 8.01. The van der Waals surface area contributed by atoms with E-state index >= 15 is 0 Å². The summed E-state index contributed by atoms with van der Waals surface area (Å²) < 4.78 is 47.3. The number of hydrogen-bond donors (Lipinski definition) is 0. The summed E-state index contributed by atoms with van der Waals surface area (Å²) in [5.74, 6) is -0.491. The highest BCUT2D eigenvalue weighted by molar-refractivity contribution is 9.11. The Morgan fingerprint density at radius 2 is 1.82 bits per heavy atom. The SMILES string of the molecule is O=S(=O)(c1c(Br)cc(F)cc1Br)N1CCOC2CCCCC21. The lowest BCUT2D eigenvalue weighted by molar-refractivity contribution is -0.0586. The Kier molecular flexibility index (Phi) is 4.95. The summed E-state index contributed by atoms with van der Waals surface area (Å²) >= 11 is 6.36. The van der Waals surface area contributed by atoms with Crippen LogP contribution in [0.3, 0.4) is 0 Å². The number of sulfonamides is 1. The van der Waals surface area contributed by atoms with Gasteiger partial charge in [0.2, 0.25) is 10.0 Å². The number of hydrogen-bond acceptors (Lipinski definition) is 3. The van der Waals surface area contributed by atoms with Gasteiger partial charge in [-0.1, -0.05) is 12.8 Å². The van der Waals surface area contributed by atoms with E-state index in [0.29, 0.717) is 13.2 Å². The molecule has 1 aromatic carbocycles. The summed E-state index contributed by atoms with van der Waals surface area (Å²) in [6, 6.07) is 2.23. The van der Waals surface area contributed by atoms with Gasteiger partial charge < -0.3 is 4.74 Å². The van der Waals surface area contributed by atoms with Gasteiger partial charge in [0.05, 0.1) is 18.8 Å². The Morgan fingerprint density at radius 1 is 1.18 bits per heavy atom. The summed E-state index contributed by atoms with van der Waals surface area (Å²) in [6.07, 6.45) is 3.74. The molecule has 0 amide bonds. The number of benzene rings is 1. The molecule has 0 spiro atoms. The molecule has 1 saturated carbocycles. The minimum absolute atomic E-state index is 0.0322. The molecule has 2 aliphatic rings. The quantitative estimate of drug-likeness (QED) is 0.681. The molecule has 1 aliphatic heterocycles. The minimum atomic E-state index is -3.72. The molecule has 2 fully saturated rings. The molecular formula is C14H16Br2FNO3S. The molecule has 22 heavy (non-hydrogen) atoms. The van der Waals surface area contributed by atoms with Crippen molar-refractivity contribution in [1.29, 1.82) is 0 Å². The predicted molar refractivity (Wildman–Crippen MR) is 87.7 cm³/mol. The topological polar surface area (TPSA) is 46.6 Å². The first-order valence-corrected chi connectivity index (χ1v) is 10.2. The predicted octanol–water partition coefficient (Wildman–Crippen LogP) is 3.68. The molecule has 2 atom stereocenters. The van der Waals surface area contributed by atoms with Crippen LogP contribution in [0.15, 0.2) is 26.0 Å². The van der Waals surface area contributed by atoms with Crippen LogP contribution in [0, 0.1) is 5.82 Å². The van der Waals surface area contributed by atoms with Gasteiger partial charge in [-0.2, -0.15) is 4.31 Å². The van der Waals surface area contributed by atoms with E-state index < -0.39 is 15.8 Å². The largest absolute Gasteiger partial charge is 0.375 e. The molecule has 0 radical (unpaired) electrons. The first-order chi connectivity index (χ1) is 10.4. The Morgan fingerprint density at radius 3 is 2.50 bits per heavy atom. The van der Waals surface area contributed by atoms with Crippen LogP contribution in [-0.2, 0) is 14.8 Å². The lowest BCUT2D eigenvalue weighted by Crippen LogP contribution is -2.54. The minimum Gasteiger partial charge on any atom is -0.375 e. The molecule has 4 nitrogen and oxygen atoms in total. The van der Waals surface area contributed by atoms with E-state index in [9.17, 15) is 12.8 Å². The second-order valence-corrected chi connectivity index (χ2v) is 9.11. The second kappa shape index (κ2) is 6.47. The van der Waals surface area contributed by atoms with Crippen molar-refractivity contribution in [3.05, 3.63) is 26.9 Å². The number of morpholine rings is 1. The first kappa shape index (κ1) is 16.8. The van der Waals surface area contributed by atoms with Crippen molar-refractivity contribution < 1.29 is 17.5 Å². The molecule has 0 aromatic heterocycles. The van der Waals surface area contributed by atoms with Crippen molar-refractivity contribution in [3.63, 3.8) is 0 Å². The van der Waals surface area contributed by atoms with E-state index in [1.54, 1.807) is 0 Å². The maximum atomic E-state index is 13.4. The fourth-order valence-electron chi connectivity index (χ4n) is 3.25. The molecule has 1 aromatic rings. The van der Waals surface area contributed by atoms with Crippen molar-refractivity contribution in [1.82, 2.24) is 4.31 Å². The average molecular weight is 457 g/mol. The fourth-order valence-corrected chi connectivity index (χ4v) is 7.37. The highest BCUT2D eigenvalue weighted by atomic mass is 79.9. The zero-order valence-corrected chi connectivity index (χ0v) is 15.8. The van der Waals surface area contributed by atoms with Gasteiger partial charge in [-0.05, 0) is 56.8 Å². The van der Waals surface area contributed by atoms with Crippen LogP contribution in [0.4, 0.5) is 4.39 Å². The van der Waals surface area contributed by atoms with Crippen LogP contribution in [0.1, 0.15) is 25.7 Å². The summed E-state index contributed by atoms with van der Waals surface area (Å²) in [7, 11) is -3.72. The number of halogens is 3. The van der Waals surface area contributed by atoms with Crippen LogP contribution in [0.5, 0.6) is 0 Å². The number of fused-ring (bicyclic) bond motifs is 1. The number of nitrogens with zero attached hydrogens (tertiary/aromatic N) is 1. The third-order valence-electron chi connectivity index (χ3n) is 4.21. The Balaban J connectivity index is 2.02. The van der Waals surface area contributed by atoms with Gasteiger partial charge in [0.25, 0.3) is 0 Å². The van der Waals surface area contributed by atoms with Crippen LogP contribution >= 0.6 is 31.9 Å². The maximum absolute atomic E-state index is 13.4. The average Bonchev–Trinajstić information content (AvgIpc) is 2.45. The number of rotatable bonds is 2. The van der Waals surface area contributed by atoms with E-state index in [-0.39, 0.29) is 26.0 Å². The summed E-state index contributed by atoms with van der Waals surface area (Å²) in [5.41, 5.74) is 0. The third kappa shape index (κ3) is 3.00. The van der Waals surface area contributed by atoms with Crippen molar-refractivity contribution in [2.75, 3.05) is 13.2 Å². The molecule has 2 unspecified atom stereocenters. The van der Waals surface area contributed by atoms with Crippen LogP contribution in [0.2, 0.25) is 0 Å². The zero-order chi connectivity index (χ0) is 15.9. The Bertz CT molecular complexity index is 658. The van der Waals surface area contributed by atoms with Gasteiger partial charge in [0, 0.05) is 15.5 Å². The van der Waals surface area contributed by atoms with Crippen molar-refractivity contribution in [2.45, 2.75) is 42.7 Å². The highest BCUT2D eigenvalue weighted by Gasteiger charge is 2.42. The smallest absolute Gasteiger partial charge is 0.245 e. The van der Waals surface area contributed by atoms with Crippen LogP contribution in [0.25, 0.3) is 0 Å². The van der Waals surface area contributed by atoms with E-state index in [0.717, 1.165) is 25.7 Å². The van der Waals surface area contributed by atoms with Gasteiger partial charge >= 0.3 is 0 Å². The molecule has 122 valence electrons. The van der Waals surface area contributed by atoms with E-state index in [1.165, 1.54) is 16.4 Å². The van der Waals surface area contributed by atoms with E-state index in [2.05, 4.69) is 31.9 Å². The zero-order valence-electron chi connectivity index (χ0n) is 11.8. The van der Waals surface area contributed by atoms with Crippen molar-refractivity contribution in [3.8, 4) is 0 Å². The van der Waals surface area contributed by atoms with Crippen molar-refractivity contribution >= 4 is 41.9 Å². The summed E-state index contributed by atoms with van der Waals surface area (Å²) in [4.78, 5) is 0.0834. The number of ether oxygens (including phenoxy) is 1. The van der Waals surface area contributed by atoms with Gasteiger partial charge in [0.15, 0.2) is 0 Å².